The van der Waals surface area contributed by atoms with Crippen molar-refractivity contribution in [1.82, 2.24) is 4.57 Å². The number of halogens is 1. The quantitative estimate of drug-likeness (QED) is 0.628. The molecule has 1 heterocycles. The Morgan fingerprint density at radius 2 is 1.96 bits per heavy atom. The predicted octanol–water partition coefficient (Wildman–Crippen LogP) is 3.04. The average Bonchev–Trinajstić information content (AvgIpc) is 2.96. The first-order chi connectivity index (χ1) is 12.6. The van der Waals surface area contributed by atoms with Gasteiger partial charge in [0.15, 0.2) is 11.4 Å². The molecule has 0 aliphatic heterocycles. The largest absolute Gasteiger partial charge is 0.484 e. The van der Waals surface area contributed by atoms with Gasteiger partial charge < -0.3 is 14.0 Å². The molecule has 0 atom stereocenters. The highest BCUT2D eigenvalue weighted by Gasteiger charge is 2.12. The van der Waals surface area contributed by atoms with Gasteiger partial charge in [0, 0.05) is 5.02 Å². The number of para-hydroxylation sites is 1. The summed E-state index contributed by atoms with van der Waals surface area (Å²) in [4.78, 5) is 28.4. The van der Waals surface area contributed by atoms with Crippen LogP contribution in [0.4, 0.5) is 0 Å². The number of hydrogen-bond acceptors (Lipinski definition) is 5. The van der Waals surface area contributed by atoms with Crippen molar-refractivity contribution in [2.24, 2.45) is 4.99 Å². The van der Waals surface area contributed by atoms with E-state index < -0.39 is 11.9 Å². The molecule has 1 aromatic heterocycles. The molecule has 0 unspecified atom stereocenters. The van der Waals surface area contributed by atoms with E-state index in [1.807, 2.05) is 18.2 Å². The zero-order chi connectivity index (χ0) is 18.5. The van der Waals surface area contributed by atoms with Gasteiger partial charge in [-0.15, -0.1) is 0 Å². The van der Waals surface area contributed by atoms with Crippen molar-refractivity contribution in [3.8, 4) is 5.75 Å². The first-order valence-electron chi connectivity index (χ1n) is 7.68. The fourth-order valence-corrected chi connectivity index (χ4v) is 3.60. The molecule has 6 nitrogen and oxygen atoms in total. The smallest absolute Gasteiger partial charge is 0.325 e. The zero-order valence-electron chi connectivity index (χ0n) is 13.8. The SMILES string of the molecule is COC(=O)Cn1c(=NC(=O)COc2ccccc2)sc2cc(Cl)ccc21. The second kappa shape index (κ2) is 8.16. The average molecular weight is 391 g/mol. The van der Waals surface area contributed by atoms with Crippen LogP contribution in [0.5, 0.6) is 5.75 Å². The van der Waals surface area contributed by atoms with E-state index in [1.54, 1.807) is 34.9 Å². The predicted molar refractivity (Wildman–Crippen MR) is 99.3 cm³/mol. The van der Waals surface area contributed by atoms with Gasteiger partial charge in [0.1, 0.15) is 12.3 Å². The van der Waals surface area contributed by atoms with E-state index in [0.717, 1.165) is 10.2 Å². The van der Waals surface area contributed by atoms with Crippen LogP contribution in [0.2, 0.25) is 5.02 Å². The maximum Gasteiger partial charge on any atom is 0.325 e. The van der Waals surface area contributed by atoms with Crippen molar-refractivity contribution in [2.75, 3.05) is 13.7 Å². The third kappa shape index (κ3) is 4.30. The Balaban J connectivity index is 1.91. The van der Waals surface area contributed by atoms with Crippen LogP contribution in [0.25, 0.3) is 10.2 Å². The summed E-state index contributed by atoms with van der Waals surface area (Å²) in [5.41, 5.74) is 0.750. The highest BCUT2D eigenvalue weighted by molar-refractivity contribution is 7.16. The Labute approximate surface area is 158 Å². The summed E-state index contributed by atoms with van der Waals surface area (Å²) < 4.78 is 12.6. The summed E-state index contributed by atoms with van der Waals surface area (Å²) in [5.74, 6) is -0.305. The summed E-state index contributed by atoms with van der Waals surface area (Å²) in [6, 6.07) is 14.3. The van der Waals surface area contributed by atoms with E-state index in [0.29, 0.717) is 15.6 Å². The summed E-state index contributed by atoms with van der Waals surface area (Å²) >= 11 is 7.29. The van der Waals surface area contributed by atoms with Gasteiger partial charge in [0.2, 0.25) is 0 Å². The van der Waals surface area contributed by atoms with Crippen LogP contribution in [0.15, 0.2) is 53.5 Å². The number of ether oxygens (including phenoxy) is 2. The van der Waals surface area contributed by atoms with Gasteiger partial charge in [-0.05, 0) is 30.3 Å². The Bertz CT molecular complexity index is 1010. The van der Waals surface area contributed by atoms with Crippen LogP contribution in [0.3, 0.4) is 0 Å². The van der Waals surface area contributed by atoms with Crippen molar-refractivity contribution in [3.63, 3.8) is 0 Å². The topological polar surface area (TPSA) is 69.9 Å². The second-order valence-electron chi connectivity index (χ2n) is 5.27. The molecular formula is C18H15ClN2O4S. The van der Waals surface area contributed by atoms with Gasteiger partial charge >= 0.3 is 5.97 Å². The van der Waals surface area contributed by atoms with Crippen LogP contribution in [0, 0.1) is 0 Å². The summed E-state index contributed by atoms with van der Waals surface area (Å²) in [7, 11) is 1.31. The Morgan fingerprint density at radius 1 is 1.19 bits per heavy atom. The van der Waals surface area contributed by atoms with Gasteiger partial charge in [-0.3, -0.25) is 9.59 Å². The van der Waals surface area contributed by atoms with E-state index in [2.05, 4.69) is 4.99 Å². The minimum absolute atomic E-state index is 0.0518. The highest BCUT2D eigenvalue weighted by Crippen LogP contribution is 2.22. The number of hydrogen-bond donors (Lipinski definition) is 0. The normalized spacial score (nSPS) is 11.5. The summed E-state index contributed by atoms with van der Waals surface area (Å²) in [6.45, 7) is -0.249. The van der Waals surface area contributed by atoms with E-state index >= 15 is 0 Å². The molecular weight excluding hydrogens is 376 g/mol. The van der Waals surface area contributed by atoms with Crippen molar-refractivity contribution >= 4 is 45.0 Å². The van der Waals surface area contributed by atoms with Crippen molar-refractivity contribution in [3.05, 3.63) is 58.4 Å². The molecule has 3 rings (SSSR count). The van der Waals surface area contributed by atoms with Crippen molar-refractivity contribution in [2.45, 2.75) is 6.54 Å². The summed E-state index contributed by atoms with van der Waals surface area (Å²) in [6.07, 6.45) is 0. The number of amides is 1. The molecule has 26 heavy (non-hydrogen) atoms. The maximum atomic E-state index is 12.2. The first kappa shape index (κ1) is 18.2. The molecule has 0 saturated heterocycles. The number of rotatable bonds is 5. The van der Waals surface area contributed by atoms with E-state index in [1.165, 1.54) is 18.4 Å². The third-order valence-corrected chi connectivity index (χ3v) is 4.76. The number of thiazole rings is 1. The third-order valence-electron chi connectivity index (χ3n) is 3.49. The lowest BCUT2D eigenvalue weighted by Gasteiger charge is -2.04. The molecule has 1 amide bonds. The van der Waals surface area contributed by atoms with E-state index in [-0.39, 0.29) is 13.2 Å². The fourth-order valence-electron chi connectivity index (χ4n) is 2.28. The molecule has 0 bridgehead atoms. The lowest BCUT2D eigenvalue weighted by Crippen LogP contribution is -2.23. The molecule has 0 N–H and O–H groups in total. The first-order valence-corrected chi connectivity index (χ1v) is 8.87. The maximum absolute atomic E-state index is 12.2. The van der Waals surface area contributed by atoms with Crippen molar-refractivity contribution < 1.29 is 19.1 Å². The minimum Gasteiger partial charge on any atom is -0.484 e. The Morgan fingerprint density at radius 3 is 2.69 bits per heavy atom. The molecule has 0 spiro atoms. The lowest BCUT2D eigenvalue weighted by atomic mass is 10.3. The highest BCUT2D eigenvalue weighted by atomic mass is 35.5. The molecule has 0 aliphatic carbocycles. The van der Waals surface area contributed by atoms with Crippen molar-refractivity contribution in [1.29, 1.82) is 0 Å². The standard InChI is InChI=1S/C18H15ClN2O4S/c1-24-17(23)10-21-14-8-7-12(19)9-15(14)26-18(21)20-16(22)11-25-13-5-3-2-4-6-13/h2-9H,10-11H2,1H3. The van der Waals surface area contributed by atoms with Gasteiger partial charge in [0.25, 0.3) is 5.91 Å². The van der Waals surface area contributed by atoms with E-state index in [9.17, 15) is 9.59 Å². The molecule has 0 saturated carbocycles. The number of nitrogens with zero attached hydrogens (tertiary/aromatic N) is 2. The van der Waals surface area contributed by atoms with Gasteiger partial charge in [-0.2, -0.15) is 4.99 Å². The molecule has 0 radical (unpaired) electrons. The van der Waals surface area contributed by atoms with E-state index in [4.69, 9.17) is 21.1 Å². The molecule has 0 aliphatic rings. The number of carbonyl (C=O) groups is 2. The Kier molecular flexibility index (Phi) is 5.70. The molecule has 134 valence electrons. The van der Waals surface area contributed by atoms with Gasteiger partial charge in [-0.1, -0.05) is 41.1 Å². The number of esters is 1. The number of carbonyl (C=O) groups excluding carboxylic acids is 2. The molecule has 8 heteroatoms. The van der Waals surface area contributed by atoms with Crippen LogP contribution in [-0.4, -0.2) is 30.2 Å². The Hall–Kier alpha value is -2.64. The molecule has 3 aromatic rings. The monoisotopic (exact) mass is 390 g/mol. The molecule has 2 aromatic carbocycles. The molecule has 0 fully saturated rings. The van der Waals surface area contributed by atoms with Gasteiger partial charge in [0.05, 0.1) is 17.3 Å². The van der Waals surface area contributed by atoms with Crippen LogP contribution in [-0.2, 0) is 20.9 Å². The van der Waals surface area contributed by atoms with Crippen LogP contribution in [0.1, 0.15) is 0 Å². The second-order valence-corrected chi connectivity index (χ2v) is 6.71. The van der Waals surface area contributed by atoms with Crippen LogP contribution < -0.4 is 9.54 Å². The fraction of sp³-hybridized carbons (Fsp3) is 0.167. The number of benzene rings is 2. The number of aromatic nitrogens is 1. The minimum atomic E-state index is -0.454. The van der Waals surface area contributed by atoms with Crippen LogP contribution >= 0.6 is 22.9 Å². The van der Waals surface area contributed by atoms with Gasteiger partial charge in [-0.25, -0.2) is 0 Å². The summed E-state index contributed by atoms with van der Waals surface area (Å²) in [5, 5.41) is 0.564. The number of methoxy groups -OCH3 is 1. The number of fused-ring (bicyclic) bond motifs is 1. The lowest BCUT2D eigenvalue weighted by molar-refractivity contribution is -0.141. The zero-order valence-corrected chi connectivity index (χ0v) is 15.4.